The maximum Gasteiger partial charge on any atom is 0.0938 e. The minimum atomic E-state index is 0.0726. The summed E-state index contributed by atoms with van der Waals surface area (Å²) in [5.74, 6) is 0.875. The third kappa shape index (κ3) is 4.03. The highest BCUT2D eigenvalue weighted by molar-refractivity contribution is 4.91. The second-order valence-corrected chi connectivity index (χ2v) is 1.81. The van der Waals surface area contributed by atoms with E-state index >= 15 is 0 Å². The van der Waals surface area contributed by atoms with Gasteiger partial charge in [-0.15, -0.1) is 0 Å². The lowest BCUT2D eigenvalue weighted by atomic mass is 10.3. The van der Waals surface area contributed by atoms with Crippen LogP contribution in [0, 0.1) is 0 Å². The second-order valence-electron chi connectivity index (χ2n) is 1.81. The van der Waals surface area contributed by atoms with E-state index in [0.29, 0.717) is 0 Å². The Morgan fingerprint density at radius 3 is 2.67 bits per heavy atom. The molecule has 9 heavy (non-hydrogen) atoms. The van der Waals surface area contributed by atoms with E-state index in [1.807, 2.05) is 0 Å². The lowest BCUT2D eigenvalue weighted by Crippen LogP contribution is -1.87. The highest BCUT2D eigenvalue weighted by Gasteiger charge is 1.90. The third-order valence-electron chi connectivity index (χ3n) is 1.08. The van der Waals surface area contributed by atoms with Crippen LogP contribution in [-0.4, -0.2) is 18.8 Å². The molecule has 0 heterocycles. The summed E-state index contributed by atoms with van der Waals surface area (Å²) in [6, 6.07) is 0. The number of ether oxygens (including phenoxy) is 1. The summed E-state index contributed by atoms with van der Waals surface area (Å²) in [6.07, 6.45) is 3.65. The van der Waals surface area contributed by atoms with Crippen LogP contribution in [-0.2, 0) is 4.74 Å². The van der Waals surface area contributed by atoms with Crippen molar-refractivity contribution in [3.63, 3.8) is 0 Å². The van der Waals surface area contributed by atoms with Crippen LogP contribution in [0.4, 0.5) is 0 Å². The standard InChI is InChI=1S/C7H14O2/c1-3-4-7(9-2)5-6-8/h5,8H,3-4,6H2,1-2H3. The van der Waals surface area contributed by atoms with Gasteiger partial charge in [-0.2, -0.15) is 0 Å². The molecule has 0 aliphatic rings. The first-order valence-corrected chi connectivity index (χ1v) is 3.19. The van der Waals surface area contributed by atoms with E-state index < -0.39 is 0 Å². The largest absolute Gasteiger partial charge is 0.501 e. The first-order chi connectivity index (χ1) is 4.35. The zero-order chi connectivity index (χ0) is 7.11. The molecule has 1 N–H and O–H groups in total. The Bertz CT molecular complexity index is 86.9. The monoisotopic (exact) mass is 130 g/mol. The van der Waals surface area contributed by atoms with Crippen LogP contribution in [0.15, 0.2) is 11.8 Å². The molecule has 0 saturated carbocycles. The van der Waals surface area contributed by atoms with Crippen LogP contribution in [0.3, 0.4) is 0 Å². The van der Waals surface area contributed by atoms with Gasteiger partial charge in [0.05, 0.1) is 19.5 Å². The Labute approximate surface area is 56.1 Å². The third-order valence-corrected chi connectivity index (χ3v) is 1.08. The highest BCUT2D eigenvalue weighted by atomic mass is 16.5. The number of aliphatic hydroxyl groups excluding tert-OH is 1. The lowest BCUT2D eigenvalue weighted by molar-refractivity contribution is 0.264. The molecule has 54 valence electrons. The van der Waals surface area contributed by atoms with Crippen molar-refractivity contribution in [2.24, 2.45) is 0 Å². The molecule has 2 nitrogen and oxygen atoms in total. The van der Waals surface area contributed by atoms with Crippen LogP contribution >= 0.6 is 0 Å². The lowest BCUT2D eigenvalue weighted by Gasteiger charge is -2.01. The molecule has 0 radical (unpaired) electrons. The Morgan fingerprint density at radius 1 is 1.67 bits per heavy atom. The first kappa shape index (κ1) is 8.50. The quantitative estimate of drug-likeness (QED) is 0.581. The van der Waals surface area contributed by atoms with E-state index in [1.54, 1.807) is 13.2 Å². The number of methoxy groups -OCH3 is 1. The molecule has 0 spiro atoms. The van der Waals surface area contributed by atoms with Gasteiger partial charge in [-0.05, 0) is 12.5 Å². The van der Waals surface area contributed by atoms with E-state index in [1.165, 1.54) is 0 Å². The first-order valence-electron chi connectivity index (χ1n) is 3.19. The van der Waals surface area contributed by atoms with Crippen molar-refractivity contribution in [3.8, 4) is 0 Å². The number of hydrogen-bond donors (Lipinski definition) is 1. The van der Waals surface area contributed by atoms with Crippen LogP contribution in [0.2, 0.25) is 0 Å². The second kappa shape index (κ2) is 5.63. The number of rotatable bonds is 4. The summed E-state index contributed by atoms with van der Waals surface area (Å²) >= 11 is 0. The maximum atomic E-state index is 8.44. The Kier molecular flexibility index (Phi) is 5.32. The number of allylic oxidation sites excluding steroid dienone is 1. The van der Waals surface area contributed by atoms with Gasteiger partial charge in [-0.3, -0.25) is 0 Å². The topological polar surface area (TPSA) is 29.5 Å². The van der Waals surface area contributed by atoms with Gasteiger partial charge in [0, 0.05) is 6.42 Å². The van der Waals surface area contributed by atoms with Gasteiger partial charge in [0.1, 0.15) is 0 Å². The minimum Gasteiger partial charge on any atom is -0.501 e. The van der Waals surface area contributed by atoms with Gasteiger partial charge in [0.25, 0.3) is 0 Å². The van der Waals surface area contributed by atoms with Crippen molar-refractivity contribution >= 4 is 0 Å². The van der Waals surface area contributed by atoms with Crippen molar-refractivity contribution in [1.82, 2.24) is 0 Å². The van der Waals surface area contributed by atoms with Gasteiger partial charge in [-0.25, -0.2) is 0 Å². The summed E-state index contributed by atoms with van der Waals surface area (Å²) in [7, 11) is 1.62. The number of aliphatic hydroxyl groups is 1. The molecule has 0 atom stereocenters. The Hall–Kier alpha value is -0.500. The van der Waals surface area contributed by atoms with Crippen molar-refractivity contribution in [3.05, 3.63) is 11.8 Å². The smallest absolute Gasteiger partial charge is 0.0938 e. The summed E-state index contributed by atoms with van der Waals surface area (Å²) in [5, 5.41) is 8.44. The summed E-state index contributed by atoms with van der Waals surface area (Å²) in [6.45, 7) is 2.15. The van der Waals surface area contributed by atoms with Crippen LogP contribution in [0.1, 0.15) is 19.8 Å². The molecule has 0 aromatic rings. The highest BCUT2D eigenvalue weighted by Crippen LogP contribution is 2.03. The van der Waals surface area contributed by atoms with Gasteiger partial charge >= 0.3 is 0 Å². The van der Waals surface area contributed by atoms with Crippen molar-refractivity contribution in [2.45, 2.75) is 19.8 Å². The predicted molar refractivity (Wildman–Crippen MR) is 37.1 cm³/mol. The minimum absolute atomic E-state index is 0.0726. The Balaban J connectivity index is 3.53. The summed E-state index contributed by atoms with van der Waals surface area (Å²) in [4.78, 5) is 0. The molecule has 0 aliphatic heterocycles. The molecule has 0 bridgehead atoms. The van der Waals surface area contributed by atoms with E-state index in [-0.39, 0.29) is 6.61 Å². The average Bonchev–Trinajstić information content (AvgIpc) is 1.88. The summed E-state index contributed by atoms with van der Waals surface area (Å²) < 4.78 is 4.93. The molecule has 0 rings (SSSR count). The van der Waals surface area contributed by atoms with E-state index in [4.69, 9.17) is 9.84 Å². The fourth-order valence-corrected chi connectivity index (χ4v) is 0.636. The molecule has 0 aromatic carbocycles. The fourth-order valence-electron chi connectivity index (χ4n) is 0.636. The maximum absolute atomic E-state index is 8.44. The molecule has 0 fully saturated rings. The van der Waals surface area contributed by atoms with Gasteiger partial charge in [-0.1, -0.05) is 6.92 Å². The summed E-state index contributed by atoms with van der Waals surface area (Å²) in [5.41, 5.74) is 0. The fraction of sp³-hybridized carbons (Fsp3) is 0.714. The molecule has 0 unspecified atom stereocenters. The van der Waals surface area contributed by atoms with E-state index in [2.05, 4.69) is 6.92 Å². The number of hydrogen-bond acceptors (Lipinski definition) is 2. The molecule has 0 aliphatic carbocycles. The van der Waals surface area contributed by atoms with Gasteiger partial charge in [0.2, 0.25) is 0 Å². The van der Waals surface area contributed by atoms with Gasteiger partial charge < -0.3 is 9.84 Å². The van der Waals surface area contributed by atoms with Gasteiger partial charge in [0.15, 0.2) is 0 Å². The molecular weight excluding hydrogens is 116 g/mol. The molecule has 0 amide bonds. The average molecular weight is 130 g/mol. The van der Waals surface area contributed by atoms with E-state index in [0.717, 1.165) is 18.6 Å². The van der Waals surface area contributed by atoms with Crippen LogP contribution < -0.4 is 0 Å². The van der Waals surface area contributed by atoms with Crippen molar-refractivity contribution in [2.75, 3.05) is 13.7 Å². The zero-order valence-electron chi connectivity index (χ0n) is 6.05. The zero-order valence-corrected chi connectivity index (χ0v) is 6.05. The van der Waals surface area contributed by atoms with E-state index in [9.17, 15) is 0 Å². The van der Waals surface area contributed by atoms with Crippen molar-refractivity contribution < 1.29 is 9.84 Å². The molecule has 0 aromatic heterocycles. The Morgan fingerprint density at radius 2 is 2.33 bits per heavy atom. The predicted octanol–water partition coefficient (Wildman–Crippen LogP) is 1.31. The van der Waals surface area contributed by atoms with Crippen LogP contribution in [0.25, 0.3) is 0 Å². The van der Waals surface area contributed by atoms with Crippen LogP contribution in [0.5, 0.6) is 0 Å². The molecular formula is C7H14O2. The van der Waals surface area contributed by atoms with Crippen molar-refractivity contribution in [1.29, 1.82) is 0 Å². The molecule has 0 saturated heterocycles. The molecule has 2 heteroatoms. The normalized spacial score (nSPS) is 11.7. The SMILES string of the molecule is CCCC(=CCO)OC.